The van der Waals surface area contributed by atoms with E-state index in [2.05, 4.69) is 45.4 Å². The Balaban J connectivity index is 2.07. The molecule has 0 radical (unpaired) electrons. The Bertz CT molecular complexity index is 845. The molecule has 2 atom stereocenters. The van der Waals surface area contributed by atoms with Crippen LogP contribution in [0.2, 0.25) is 0 Å². The molecule has 2 aromatic rings. The average Bonchev–Trinajstić information content (AvgIpc) is 2.62. The minimum atomic E-state index is 0.109. The first-order valence-corrected chi connectivity index (χ1v) is 9.42. The molecule has 0 amide bonds. The molecule has 26 heavy (non-hydrogen) atoms. The maximum absolute atomic E-state index is 9.53. The summed E-state index contributed by atoms with van der Waals surface area (Å²) in [7, 11) is 0. The normalized spacial score (nSPS) is 20.6. The fourth-order valence-electron chi connectivity index (χ4n) is 3.24. The van der Waals surface area contributed by atoms with Crippen LogP contribution in [0.4, 0.5) is 5.69 Å². The molecule has 3 rings (SSSR count). The summed E-state index contributed by atoms with van der Waals surface area (Å²) in [6, 6.07) is 13.5. The Kier molecular flexibility index (Phi) is 5.61. The lowest BCUT2D eigenvalue weighted by atomic mass is 9.88. The summed E-state index contributed by atoms with van der Waals surface area (Å²) < 4.78 is 1.02. The maximum atomic E-state index is 9.53. The third-order valence-corrected chi connectivity index (χ3v) is 5.08. The summed E-state index contributed by atoms with van der Waals surface area (Å²) in [4.78, 5) is 4.79. The van der Waals surface area contributed by atoms with Crippen molar-refractivity contribution in [2.75, 3.05) is 11.9 Å². The summed E-state index contributed by atoms with van der Waals surface area (Å²) in [5.41, 5.74) is 4.74. The van der Waals surface area contributed by atoms with Gasteiger partial charge in [-0.05, 0) is 61.2 Å². The molecule has 1 unspecified atom stereocenters. The fraction of sp³-hybridized carbons (Fsp3) is 0.300. The zero-order valence-electron chi connectivity index (χ0n) is 14.9. The first-order valence-electron chi connectivity index (χ1n) is 8.62. The average molecular weight is 415 g/mol. The van der Waals surface area contributed by atoms with Crippen molar-refractivity contribution in [3.8, 4) is 5.75 Å². The van der Waals surface area contributed by atoms with E-state index in [1.54, 1.807) is 12.1 Å². The van der Waals surface area contributed by atoms with Gasteiger partial charge in [-0.25, -0.2) is 0 Å². The molecule has 5 nitrogen and oxygen atoms in total. The van der Waals surface area contributed by atoms with Crippen LogP contribution < -0.4 is 11.2 Å². The van der Waals surface area contributed by atoms with Crippen molar-refractivity contribution < 1.29 is 5.11 Å². The lowest BCUT2D eigenvalue weighted by Crippen LogP contribution is -2.25. The van der Waals surface area contributed by atoms with Gasteiger partial charge in [-0.1, -0.05) is 28.9 Å². The Morgan fingerprint density at radius 1 is 1.27 bits per heavy atom. The monoisotopic (exact) mass is 414 g/mol. The van der Waals surface area contributed by atoms with Gasteiger partial charge >= 0.3 is 0 Å². The molecule has 0 aromatic heterocycles. The predicted molar refractivity (Wildman–Crippen MR) is 111 cm³/mol. The smallest absolute Gasteiger partial charge is 0.115 e. The van der Waals surface area contributed by atoms with Crippen molar-refractivity contribution in [1.82, 2.24) is 0 Å². The van der Waals surface area contributed by atoms with E-state index < -0.39 is 0 Å². The van der Waals surface area contributed by atoms with Crippen molar-refractivity contribution in [3.05, 3.63) is 58.1 Å². The number of nitrogens with two attached hydrogens (primary N) is 1. The molecule has 4 N–H and O–H groups in total. The molecule has 1 aliphatic rings. The van der Waals surface area contributed by atoms with Crippen molar-refractivity contribution in [2.24, 2.45) is 21.9 Å². The standard InChI is InChI=1S/C20H23BrN4O/c1-12-9-19(24-15-4-6-16(26)7-5-15)18-10-14(21)3-8-17(18)20(23-11-12)13(2)25-22/h3-8,10,12,19,24,26H,9,11,22H2,1-2H3/t12-,19?/m1/s1. The molecule has 0 saturated carbocycles. The van der Waals surface area contributed by atoms with Gasteiger partial charge in [0, 0.05) is 22.3 Å². The van der Waals surface area contributed by atoms with Gasteiger partial charge in [0.15, 0.2) is 0 Å². The van der Waals surface area contributed by atoms with Crippen molar-refractivity contribution in [3.63, 3.8) is 0 Å². The summed E-state index contributed by atoms with van der Waals surface area (Å²) in [5.74, 6) is 6.20. The van der Waals surface area contributed by atoms with Crippen LogP contribution in [0.5, 0.6) is 5.75 Å². The third kappa shape index (κ3) is 4.07. The molecule has 0 bridgehead atoms. The molecule has 2 aromatic carbocycles. The minimum absolute atomic E-state index is 0.109. The molecule has 1 aliphatic heterocycles. The number of halogens is 1. The van der Waals surface area contributed by atoms with Gasteiger partial charge in [0.25, 0.3) is 0 Å². The number of fused-ring (bicyclic) bond motifs is 1. The summed E-state index contributed by atoms with van der Waals surface area (Å²) in [6.45, 7) is 4.81. The van der Waals surface area contributed by atoms with Gasteiger partial charge < -0.3 is 16.3 Å². The van der Waals surface area contributed by atoms with Crippen molar-refractivity contribution in [1.29, 1.82) is 0 Å². The molecular formula is C20H23BrN4O. The van der Waals surface area contributed by atoms with Gasteiger partial charge in [0.2, 0.25) is 0 Å². The molecular weight excluding hydrogens is 392 g/mol. The number of aliphatic imine (C=N–C) groups is 1. The zero-order chi connectivity index (χ0) is 18.7. The molecule has 0 saturated heterocycles. The molecule has 0 fully saturated rings. The van der Waals surface area contributed by atoms with Crippen molar-refractivity contribution >= 4 is 33.0 Å². The summed E-state index contributed by atoms with van der Waals surface area (Å²) in [5, 5.41) is 17.0. The van der Waals surface area contributed by atoms with E-state index >= 15 is 0 Å². The second-order valence-electron chi connectivity index (χ2n) is 6.72. The van der Waals surface area contributed by atoms with Crippen LogP contribution in [0.1, 0.15) is 37.4 Å². The van der Waals surface area contributed by atoms with Crippen molar-refractivity contribution in [2.45, 2.75) is 26.3 Å². The number of benzene rings is 2. The number of nitrogens with one attached hydrogen (secondary N) is 1. The van der Waals surface area contributed by atoms with Crippen LogP contribution in [0.15, 0.2) is 57.0 Å². The van der Waals surface area contributed by atoms with Gasteiger partial charge in [-0.2, -0.15) is 5.10 Å². The molecule has 0 aliphatic carbocycles. The van der Waals surface area contributed by atoms with E-state index in [-0.39, 0.29) is 11.8 Å². The zero-order valence-corrected chi connectivity index (χ0v) is 16.5. The highest BCUT2D eigenvalue weighted by Crippen LogP contribution is 2.33. The number of phenols is 1. The molecule has 6 heteroatoms. The molecule has 0 spiro atoms. The highest BCUT2D eigenvalue weighted by atomic mass is 79.9. The van der Waals surface area contributed by atoms with Crippen LogP contribution in [-0.2, 0) is 0 Å². The third-order valence-electron chi connectivity index (χ3n) is 4.59. The molecule has 1 heterocycles. The van der Waals surface area contributed by atoms with Crippen LogP contribution >= 0.6 is 15.9 Å². The first-order chi connectivity index (χ1) is 12.5. The number of anilines is 1. The number of phenolic OH excluding ortho intramolecular Hbond substituents is 1. The predicted octanol–water partition coefficient (Wildman–Crippen LogP) is 4.47. The SMILES string of the molecule is CC(=NN)C1=NC[C@H](C)CC(Nc2ccc(O)cc2)c2cc(Br)ccc21. The summed E-state index contributed by atoms with van der Waals surface area (Å²) in [6.07, 6.45) is 0.944. The van der Waals surface area contributed by atoms with Crippen LogP contribution in [0.3, 0.4) is 0 Å². The van der Waals surface area contributed by atoms with E-state index in [4.69, 9.17) is 10.8 Å². The quantitative estimate of drug-likeness (QED) is 0.299. The lowest BCUT2D eigenvalue weighted by molar-refractivity contribution is 0.475. The Morgan fingerprint density at radius 3 is 2.69 bits per heavy atom. The van der Waals surface area contributed by atoms with Gasteiger partial charge in [-0.3, -0.25) is 4.99 Å². The minimum Gasteiger partial charge on any atom is -0.508 e. The second-order valence-corrected chi connectivity index (χ2v) is 7.64. The Morgan fingerprint density at radius 2 is 2.00 bits per heavy atom. The van der Waals surface area contributed by atoms with E-state index in [1.165, 1.54) is 0 Å². The number of aromatic hydroxyl groups is 1. The lowest BCUT2D eigenvalue weighted by Gasteiger charge is -2.28. The second kappa shape index (κ2) is 7.91. The number of nitrogens with zero attached hydrogens (tertiary/aromatic N) is 2. The highest BCUT2D eigenvalue weighted by molar-refractivity contribution is 9.10. The number of hydrazone groups is 1. The van der Waals surface area contributed by atoms with Crippen LogP contribution in [0, 0.1) is 5.92 Å². The Labute approximate surface area is 162 Å². The van der Waals surface area contributed by atoms with Crippen LogP contribution in [-0.4, -0.2) is 23.1 Å². The Hall–Kier alpha value is -2.34. The number of hydrogen-bond acceptors (Lipinski definition) is 5. The largest absolute Gasteiger partial charge is 0.508 e. The topological polar surface area (TPSA) is 83.0 Å². The van der Waals surface area contributed by atoms with Gasteiger partial charge in [0.05, 0.1) is 17.5 Å². The summed E-state index contributed by atoms with van der Waals surface area (Å²) >= 11 is 3.59. The van der Waals surface area contributed by atoms with E-state index in [1.807, 2.05) is 25.1 Å². The maximum Gasteiger partial charge on any atom is 0.115 e. The highest BCUT2D eigenvalue weighted by Gasteiger charge is 2.24. The number of hydrogen-bond donors (Lipinski definition) is 3. The van der Waals surface area contributed by atoms with Gasteiger partial charge in [0.1, 0.15) is 5.75 Å². The number of rotatable bonds is 3. The first kappa shape index (κ1) is 18.5. The molecule has 136 valence electrons. The van der Waals surface area contributed by atoms with Gasteiger partial charge in [-0.15, -0.1) is 0 Å². The van der Waals surface area contributed by atoms with E-state index in [9.17, 15) is 5.11 Å². The fourth-order valence-corrected chi connectivity index (χ4v) is 3.62. The van der Waals surface area contributed by atoms with Crippen LogP contribution in [0.25, 0.3) is 0 Å². The van der Waals surface area contributed by atoms with E-state index in [0.717, 1.165) is 45.7 Å². The van der Waals surface area contributed by atoms with E-state index in [0.29, 0.717) is 5.92 Å².